The number of hydrogen-bond acceptors (Lipinski definition) is 5. The number of hydrogen-bond donors (Lipinski definition) is 4. The van der Waals surface area contributed by atoms with Crippen molar-refractivity contribution in [3.8, 4) is 11.5 Å². The smallest absolute Gasteiger partial charge is 0.349 e. The number of carboxylic acid groups (broad SMARTS) is 1. The Kier molecular flexibility index (Phi) is 6.67. The van der Waals surface area contributed by atoms with Crippen LogP contribution >= 0.6 is 0 Å². The molecule has 0 aromatic heterocycles. The summed E-state index contributed by atoms with van der Waals surface area (Å²) >= 11 is 0. The van der Waals surface area contributed by atoms with E-state index in [1.165, 1.54) is 6.34 Å². The number of nitrogens with zero attached hydrogens (tertiary/aromatic N) is 2. The maximum atomic E-state index is 12.0. The van der Waals surface area contributed by atoms with Gasteiger partial charge in [-0.15, -0.1) is 0 Å². The summed E-state index contributed by atoms with van der Waals surface area (Å²) in [6.07, 6.45) is 2.76. The Morgan fingerprint density at radius 1 is 1.09 bits per heavy atom. The largest absolute Gasteiger partial charge is 0.490 e. The quantitative estimate of drug-likeness (QED) is 0.375. The number of guanidine groups is 1. The summed E-state index contributed by atoms with van der Waals surface area (Å²) in [5.41, 5.74) is 8.28. The van der Waals surface area contributed by atoms with Crippen LogP contribution in [0.15, 0.2) is 42.5 Å². The van der Waals surface area contributed by atoms with Crippen LogP contribution in [-0.4, -0.2) is 58.9 Å². The minimum Gasteiger partial charge on any atom is -0.490 e. The highest BCUT2D eigenvalue weighted by Gasteiger charge is 2.24. The fourth-order valence-corrected chi connectivity index (χ4v) is 4.25. The number of carbonyl (C=O) groups is 1. The second-order valence-electron chi connectivity index (χ2n) is 8.37. The second-order valence-corrected chi connectivity index (χ2v) is 8.37. The van der Waals surface area contributed by atoms with Gasteiger partial charge in [-0.25, -0.2) is 4.79 Å². The molecule has 2 heterocycles. The summed E-state index contributed by atoms with van der Waals surface area (Å²) in [6.45, 7) is 2.79. The lowest BCUT2D eigenvalue weighted by atomic mass is 9.99. The van der Waals surface area contributed by atoms with Crippen LogP contribution in [-0.2, 0) is 17.8 Å². The molecule has 5 N–H and O–H groups in total. The van der Waals surface area contributed by atoms with Gasteiger partial charge in [-0.1, -0.05) is 18.2 Å². The first-order valence-electron chi connectivity index (χ1n) is 11.0. The Bertz CT molecular complexity index is 1020. The highest BCUT2D eigenvalue weighted by Crippen LogP contribution is 2.29. The van der Waals surface area contributed by atoms with Crippen molar-refractivity contribution in [3.63, 3.8) is 0 Å². The van der Waals surface area contributed by atoms with Crippen molar-refractivity contribution in [2.45, 2.75) is 38.0 Å². The third kappa shape index (κ3) is 5.36. The van der Waals surface area contributed by atoms with Crippen molar-refractivity contribution in [1.29, 1.82) is 10.8 Å². The highest BCUT2D eigenvalue weighted by atomic mass is 16.5. The lowest BCUT2D eigenvalue weighted by Crippen LogP contribution is -2.40. The molecule has 2 aliphatic heterocycles. The second kappa shape index (κ2) is 9.81. The lowest BCUT2D eigenvalue weighted by molar-refractivity contribution is -0.145. The van der Waals surface area contributed by atoms with E-state index in [0.717, 1.165) is 43.5 Å². The number of likely N-dealkylation sites (tertiary alicyclic amines) is 1. The van der Waals surface area contributed by atoms with E-state index in [2.05, 4.69) is 0 Å². The monoisotopic (exact) mass is 451 g/mol. The summed E-state index contributed by atoms with van der Waals surface area (Å²) in [4.78, 5) is 15.7. The zero-order valence-corrected chi connectivity index (χ0v) is 18.4. The first-order chi connectivity index (χ1) is 15.9. The van der Waals surface area contributed by atoms with Crippen LogP contribution in [0.4, 0.5) is 0 Å². The van der Waals surface area contributed by atoms with E-state index in [1.807, 2.05) is 17.0 Å². The van der Waals surface area contributed by atoms with E-state index < -0.39 is 12.1 Å². The number of ether oxygens (including phenoxy) is 2. The van der Waals surface area contributed by atoms with Gasteiger partial charge in [0.1, 0.15) is 17.6 Å². The molecule has 0 aliphatic carbocycles. The van der Waals surface area contributed by atoms with Gasteiger partial charge in [0, 0.05) is 44.6 Å². The molecule has 1 saturated heterocycles. The summed E-state index contributed by atoms with van der Waals surface area (Å²) in [5.74, 6) is 0.0999. The van der Waals surface area contributed by atoms with Gasteiger partial charge in [0.15, 0.2) is 5.96 Å². The number of piperidine rings is 1. The molecule has 33 heavy (non-hydrogen) atoms. The molecule has 2 aromatic carbocycles. The molecule has 9 nitrogen and oxygen atoms in total. The Morgan fingerprint density at radius 2 is 1.79 bits per heavy atom. The molecule has 2 aromatic rings. The molecular weight excluding hydrogens is 422 g/mol. The first-order valence-corrected chi connectivity index (χ1v) is 11.0. The van der Waals surface area contributed by atoms with Gasteiger partial charge < -0.3 is 30.1 Å². The molecule has 1 atom stereocenters. The molecule has 174 valence electrons. The third-order valence-corrected chi connectivity index (χ3v) is 6.15. The average molecular weight is 452 g/mol. The molecule has 2 aliphatic rings. The maximum absolute atomic E-state index is 12.0. The fourth-order valence-electron chi connectivity index (χ4n) is 4.25. The van der Waals surface area contributed by atoms with Crippen molar-refractivity contribution in [2.75, 3.05) is 19.6 Å². The van der Waals surface area contributed by atoms with Crippen LogP contribution < -0.4 is 15.2 Å². The fraction of sp³-hybridized carbons (Fsp3) is 0.375. The molecule has 1 unspecified atom stereocenters. The van der Waals surface area contributed by atoms with Crippen molar-refractivity contribution in [2.24, 2.45) is 5.73 Å². The van der Waals surface area contributed by atoms with Gasteiger partial charge in [0.2, 0.25) is 6.10 Å². The minimum atomic E-state index is -1.15. The van der Waals surface area contributed by atoms with Crippen molar-refractivity contribution < 1.29 is 19.4 Å². The average Bonchev–Trinajstić information content (AvgIpc) is 2.83. The number of fused-ring (bicyclic) bond motifs is 1. The number of carboxylic acids is 1. The number of aliphatic carboxylic acids is 1. The van der Waals surface area contributed by atoms with E-state index in [0.29, 0.717) is 30.2 Å². The number of rotatable bonds is 7. The van der Waals surface area contributed by atoms with E-state index in [1.54, 1.807) is 35.2 Å². The van der Waals surface area contributed by atoms with Crippen LogP contribution in [0.1, 0.15) is 35.6 Å². The summed E-state index contributed by atoms with van der Waals surface area (Å²) in [5, 5.41) is 24.8. The van der Waals surface area contributed by atoms with Gasteiger partial charge in [-0.05, 0) is 41.8 Å². The normalized spacial score (nSPS) is 17.1. The summed E-state index contributed by atoms with van der Waals surface area (Å²) < 4.78 is 11.9. The zero-order valence-electron chi connectivity index (χ0n) is 18.4. The van der Waals surface area contributed by atoms with Crippen molar-refractivity contribution in [1.82, 2.24) is 9.80 Å². The van der Waals surface area contributed by atoms with Crippen molar-refractivity contribution >= 4 is 18.3 Å². The maximum Gasteiger partial charge on any atom is 0.349 e. The Morgan fingerprint density at radius 3 is 2.42 bits per heavy atom. The van der Waals surface area contributed by atoms with E-state index >= 15 is 0 Å². The van der Waals surface area contributed by atoms with Gasteiger partial charge in [0.25, 0.3) is 0 Å². The van der Waals surface area contributed by atoms with Gasteiger partial charge in [-0.2, -0.15) is 0 Å². The number of nitrogens with two attached hydrogens (primary N) is 1. The zero-order chi connectivity index (χ0) is 23.4. The Labute approximate surface area is 192 Å². The van der Waals surface area contributed by atoms with Crippen molar-refractivity contribution in [3.05, 3.63) is 59.2 Å². The molecule has 9 heteroatoms. The molecular formula is C24H29N5O4. The van der Waals surface area contributed by atoms with Crippen LogP contribution in [0, 0.1) is 10.8 Å². The van der Waals surface area contributed by atoms with E-state index in [4.69, 9.17) is 26.0 Å². The summed E-state index contributed by atoms with van der Waals surface area (Å²) in [6, 6.07) is 12.6. The predicted octanol–water partition coefficient (Wildman–Crippen LogP) is 2.59. The third-order valence-electron chi connectivity index (χ3n) is 6.15. The first kappa shape index (κ1) is 22.4. The predicted molar refractivity (Wildman–Crippen MR) is 124 cm³/mol. The molecule has 0 bridgehead atoms. The van der Waals surface area contributed by atoms with Crippen LogP contribution in [0.5, 0.6) is 11.5 Å². The van der Waals surface area contributed by atoms with Gasteiger partial charge in [-0.3, -0.25) is 10.8 Å². The van der Waals surface area contributed by atoms with E-state index in [9.17, 15) is 9.90 Å². The molecule has 0 saturated carbocycles. The molecule has 1 fully saturated rings. The number of nitrogens with one attached hydrogen (secondary N) is 2. The highest BCUT2D eigenvalue weighted by molar-refractivity contribution is 5.75. The lowest BCUT2D eigenvalue weighted by Gasteiger charge is -2.30. The van der Waals surface area contributed by atoms with Crippen LogP contribution in [0.25, 0.3) is 0 Å². The van der Waals surface area contributed by atoms with Gasteiger partial charge in [0.05, 0.1) is 6.34 Å². The Hall–Kier alpha value is -3.75. The van der Waals surface area contributed by atoms with E-state index in [-0.39, 0.29) is 12.1 Å². The molecule has 4 rings (SSSR count). The van der Waals surface area contributed by atoms with Crippen LogP contribution in [0.2, 0.25) is 0 Å². The van der Waals surface area contributed by atoms with Gasteiger partial charge >= 0.3 is 5.97 Å². The molecule has 0 amide bonds. The SMILES string of the molecule is N=CN1CCC(Oc2ccc(C(Oc3ccc4c(c3)CN(C(=N)N)CC4)C(=O)O)cc2)CC1. The number of benzene rings is 2. The minimum absolute atomic E-state index is 0.0259. The standard InChI is InChI=1S/C24H29N5O4/c25-15-28-10-8-20(9-11-28)32-19-4-2-17(3-5-19)22(23(30)31)33-21-6-1-16-7-12-29(24(26)27)14-18(16)13-21/h1-6,13,15,20,22,25H,7-12,14H2,(H3,26,27)(H,30,31). The molecule has 0 spiro atoms. The Balaban J connectivity index is 1.43. The summed E-state index contributed by atoms with van der Waals surface area (Å²) in [7, 11) is 0. The topological polar surface area (TPSA) is 136 Å². The molecule has 0 radical (unpaired) electrons. The van der Waals surface area contributed by atoms with Crippen LogP contribution in [0.3, 0.4) is 0 Å².